The van der Waals surface area contributed by atoms with Crippen LogP contribution in [0.1, 0.15) is 37.4 Å². The van der Waals surface area contributed by atoms with Crippen LogP contribution in [0.3, 0.4) is 0 Å². The van der Waals surface area contributed by atoms with Gasteiger partial charge in [-0.05, 0) is 42.6 Å². The van der Waals surface area contributed by atoms with Crippen LogP contribution in [0.4, 0.5) is 16.4 Å². The third-order valence-corrected chi connectivity index (χ3v) is 4.80. The molecule has 0 radical (unpaired) electrons. The second-order valence-electron chi connectivity index (χ2n) is 5.76. The number of benzene rings is 1. The number of amides is 2. The van der Waals surface area contributed by atoms with Gasteiger partial charge in [0.2, 0.25) is 11.2 Å². The predicted octanol–water partition coefficient (Wildman–Crippen LogP) is 4.70. The van der Waals surface area contributed by atoms with E-state index < -0.39 is 11.9 Å². The van der Waals surface area contributed by atoms with E-state index in [4.69, 9.17) is 34.8 Å². The van der Waals surface area contributed by atoms with Gasteiger partial charge in [0.1, 0.15) is 11.6 Å². The van der Waals surface area contributed by atoms with Gasteiger partial charge >= 0.3 is 6.03 Å². The average molecular weight is 415 g/mol. The summed E-state index contributed by atoms with van der Waals surface area (Å²) in [6.45, 7) is 0. The van der Waals surface area contributed by atoms with E-state index >= 15 is 0 Å². The number of rotatable bonds is 3. The number of hydrogen-bond acceptors (Lipinski definition) is 5. The molecule has 0 bridgehead atoms. The fourth-order valence-electron chi connectivity index (χ4n) is 2.67. The molecule has 1 aliphatic carbocycles. The second-order valence-corrected chi connectivity index (χ2v) is 6.91. The molecule has 1 aromatic heterocycles. The van der Waals surface area contributed by atoms with Gasteiger partial charge in [-0.15, -0.1) is 0 Å². The number of carbonyl (C=O) groups excluding carboxylic acids is 2. The first kappa shape index (κ1) is 18.8. The maximum atomic E-state index is 12.1. The Bertz CT molecular complexity index is 862. The van der Waals surface area contributed by atoms with Gasteiger partial charge in [-0.2, -0.15) is 9.97 Å². The van der Waals surface area contributed by atoms with E-state index in [1.165, 1.54) is 6.07 Å². The molecule has 1 unspecified atom stereocenters. The van der Waals surface area contributed by atoms with E-state index in [2.05, 4.69) is 25.6 Å². The average Bonchev–Trinajstić information content (AvgIpc) is 2.58. The maximum Gasteiger partial charge on any atom is 0.326 e. The molecule has 1 fully saturated rings. The Balaban J connectivity index is 1.73. The van der Waals surface area contributed by atoms with Crippen LogP contribution in [-0.2, 0) is 4.79 Å². The highest BCUT2D eigenvalue weighted by atomic mass is 35.5. The molecule has 0 saturated heterocycles. The lowest BCUT2D eigenvalue weighted by Gasteiger charge is -2.19. The standard InChI is InChI=1S/C16H14Cl3N5O2/c17-10-6-5-8(7-11(10)18)20-16(26)24-15-22-13(21-14(19)23-15)9-3-1-2-4-12(9)25/h5-7,9H,1-4H2,(H2,20,21,22,23,24,26). The molecule has 0 spiro atoms. The summed E-state index contributed by atoms with van der Waals surface area (Å²) in [6.07, 6.45) is 2.94. The topological polar surface area (TPSA) is 96.9 Å². The van der Waals surface area contributed by atoms with Crippen LogP contribution >= 0.6 is 34.8 Å². The van der Waals surface area contributed by atoms with Gasteiger partial charge in [0.25, 0.3) is 0 Å². The van der Waals surface area contributed by atoms with Gasteiger partial charge in [0.05, 0.1) is 16.0 Å². The molecule has 2 amide bonds. The largest absolute Gasteiger partial charge is 0.326 e. The molecule has 1 heterocycles. The minimum atomic E-state index is -0.591. The molecule has 7 nitrogen and oxygen atoms in total. The van der Waals surface area contributed by atoms with Crippen LogP contribution in [-0.4, -0.2) is 26.8 Å². The Morgan fingerprint density at radius 3 is 2.58 bits per heavy atom. The molecule has 1 saturated carbocycles. The van der Waals surface area contributed by atoms with E-state index in [1.54, 1.807) is 12.1 Å². The van der Waals surface area contributed by atoms with Gasteiger partial charge in [0.15, 0.2) is 0 Å². The van der Waals surface area contributed by atoms with Crippen molar-refractivity contribution in [2.24, 2.45) is 0 Å². The number of carbonyl (C=O) groups is 2. The van der Waals surface area contributed by atoms with Gasteiger partial charge in [-0.3, -0.25) is 10.1 Å². The highest BCUT2D eigenvalue weighted by molar-refractivity contribution is 6.42. The number of halogens is 3. The Morgan fingerprint density at radius 2 is 1.85 bits per heavy atom. The van der Waals surface area contributed by atoms with Crippen LogP contribution in [0.15, 0.2) is 18.2 Å². The van der Waals surface area contributed by atoms with Crippen molar-refractivity contribution < 1.29 is 9.59 Å². The number of nitrogens with zero attached hydrogens (tertiary/aromatic N) is 3. The fraction of sp³-hybridized carbons (Fsp3) is 0.312. The SMILES string of the molecule is O=C(Nc1ccc(Cl)c(Cl)c1)Nc1nc(Cl)nc(C2CCCCC2=O)n1. The number of ketones is 1. The second kappa shape index (κ2) is 8.16. The minimum absolute atomic E-state index is 0.0315. The predicted molar refractivity (Wildman–Crippen MR) is 100 cm³/mol. The summed E-state index contributed by atoms with van der Waals surface area (Å²) in [5.74, 6) is -0.0943. The van der Waals surface area contributed by atoms with Crippen LogP contribution in [0.25, 0.3) is 0 Å². The number of Topliss-reactive ketones (excluding diaryl/α,β-unsaturated/α-hetero) is 1. The molecule has 1 aromatic carbocycles. The molecule has 26 heavy (non-hydrogen) atoms. The highest BCUT2D eigenvalue weighted by Gasteiger charge is 2.27. The number of anilines is 2. The van der Waals surface area contributed by atoms with Gasteiger partial charge in [-0.25, -0.2) is 9.78 Å². The van der Waals surface area contributed by atoms with Crippen LogP contribution in [0.2, 0.25) is 15.3 Å². The molecule has 136 valence electrons. The summed E-state index contributed by atoms with van der Waals surface area (Å²) < 4.78 is 0. The van der Waals surface area contributed by atoms with Crippen molar-refractivity contribution in [1.29, 1.82) is 0 Å². The third kappa shape index (κ3) is 4.60. The minimum Gasteiger partial charge on any atom is -0.308 e. The van der Waals surface area contributed by atoms with Crippen molar-refractivity contribution in [1.82, 2.24) is 15.0 Å². The number of aromatic nitrogens is 3. The summed E-state index contributed by atoms with van der Waals surface area (Å²) in [5, 5.41) is 5.66. The summed E-state index contributed by atoms with van der Waals surface area (Å²) in [5.41, 5.74) is 0.444. The lowest BCUT2D eigenvalue weighted by atomic mass is 9.87. The molecule has 2 N–H and O–H groups in total. The molecule has 1 atom stereocenters. The summed E-state index contributed by atoms with van der Waals surface area (Å²) in [6, 6.07) is 4.08. The number of nitrogens with one attached hydrogen (secondary N) is 2. The van der Waals surface area contributed by atoms with Crippen molar-refractivity contribution in [2.45, 2.75) is 31.6 Å². The normalized spacial score (nSPS) is 17.0. The first-order valence-corrected chi connectivity index (χ1v) is 9.03. The van der Waals surface area contributed by atoms with Crippen LogP contribution < -0.4 is 10.6 Å². The van der Waals surface area contributed by atoms with Crippen molar-refractivity contribution >= 4 is 58.3 Å². The summed E-state index contributed by atoms with van der Waals surface area (Å²) >= 11 is 17.7. The van der Waals surface area contributed by atoms with Gasteiger partial charge in [0, 0.05) is 12.1 Å². The number of urea groups is 1. The fourth-order valence-corrected chi connectivity index (χ4v) is 3.14. The Kier molecular flexibility index (Phi) is 5.90. The van der Waals surface area contributed by atoms with Gasteiger partial charge in [-0.1, -0.05) is 29.6 Å². The van der Waals surface area contributed by atoms with Crippen LogP contribution in [0, 0.1) is 0 Å². The zero-order chi connectivity index (χ0) is 18.7. The van der Waals surface area contributed by atoms with E-state index in [0.717, 1.165) is 12.8 Å². The molecule has 3 rings (SSSR count). The molecule has 0 aliphatic heterocycles. The molecular formula is C16H14Cl3N5O2. The first-order valence-electron chi connectivity index (χ1n) is 7.89. The summed E-state index contributed by atoms with van der Waals surface area (Å²) in [4.78, 5) is 36.3. The quantitative estimate of drug-likeness (QED) is 0.758. The molecular weight excluding hydrogens is 401 g/mol. The smallest absolute Gasteiger partial charge is 0.308 e. The first-order chi connectivity index (χ1) is 12.4. The maximum absolute atomic E-state index is 12.1. The monoisotopic (exact) mass is 413 g/mol. The lowest BCUT2D eigenvalue weighted by molar-refractivity contribution is -0.122. The molecule has 2 aromatic rings. The van der Waals surface area contributed by atoms with E-state index in [-0.39, 0.29) is 22.8 Å². The van der Waals surface area contributed by atoms with Crippen molar-refractivity contribution in [3.05, 3.63) is 39.4 Å². The Labute approximate surface area is 164 Å². The lowest BCUT2D eigenvalue weighted by Crippen LogP contribution is -2.24. The van der Waals surface area contributed by atoms with E-state index in [9.17, 15) is 9.59 Å². The van der Waals surface area contributed by atoms with Gasteiger partial charge < -0.3 is 5.32 Å². The molecule has 10 heteroatoms. The summed E-state index contributed by atoms with van der Waals surface area (Å²) in [7, 11) is 0. The van der Waals surface area contributed by atoms with E-state index in [1.807, 2.05) is 0 Å². The Hall–Kier alpha value is -1.96. The van der Waals surface area contributed by atoms with Crippen molar-refractivity contribution in [3.8, 4) is 0 Å². The van der Waals surface area contributed by atoms with Crippen molar-refractivity contribution in [2.75, 3.05) is 10.6 Å². The third-order valence-electron chi connectivity index (χ3n) is 3.89. The number of hydrogen-bond donors (Lipinski definition) is 2. The Morgan fingerprint density at radius 1 is 1.04 bits per heavy atom. The highest BCUT2D eigenvalue weighted by Crippen LogP contribution is 2.29. The zero-order valence-corrected chi connectivity index (χ0v) is 15.7. The molecule has 1 aliphatic rings. The van der Waals surface area contributed by atoms with E-state index in [0.29, 0.717) is 28.6 Å². The zero-order valence-electron chi connectivity index (χ0n) is 13.4. The van der Waals surface area contributed by atoms with Crippen molar-refractivity contribution in [3.63, 3.8) is 0 Å². The van der Waals surface area contributed by atoms with Crippen LogP contribution in [0.5, 0.6) is 0 Å².